The Morgan fingerprint density at radius 1 is 1.05 bits per heavy atom. The van der Waals surface area contributed by atoms with E-state index >= 15 is 0 Å². The molecule has 0 saturated carbocycles. The van der Waals surface area contributed by atoms with Crippen LogP contribution in [0.5, 0.6) is 0 Å². The lowest BCUT2D eigenvalue weighted by atomic mass is 10.0. The van der Waals surface area contributed by atoms with E-state index in [9.17, 15) is 4.79 Å². The molecule has 114 valence electrons. The Hall–Kier alpha value is -1.61. The Morgan fingerprint density at radius 3 is 2.57 bits per heavy atom. The van der Waals surface area contributed by atoms with Crippen LogP contribution in [0.15, 0.2) is 41.2 Å². The van der Waals surface area contributed by atoms with Gasteiger partial charge in [-0.15, -0.1) is 0 Å². The lowest BCUT2D eigenvalue weighted by molar-refractivity contribution is 0.441. The zero-order valence-electron chi connectivity index (χ0n) is 13.3. The van der Waals surface area contributed by atoms with Crippen LogP contribution in [0.25, 0.3) is 10.9 Å². The largest absolute Gasteiger partial charge is 0.312 e. The van der Waals surface area contributed by atoms with Gasteiger partial charge in [0, 0.05) is 25.2 Å². The molecule has 0 fully saturated rings. The van der Waals surface area contributed by atoms with E-state index in [0.29, 0.717) is 12.6 Å². The maximum absolute atomic E-state index is 12.1. The summed E-state index contributed by atoms with van der Waals surface area (Å²) < 4.78 is 1.86. The predicted octanol–water partition coefficient (Wildman–Crippen LogP) is 3.42. The van der Waals surface area contributed by atoms with Gasteiger partial charge in [0.1, 0.15) is 0 Å². The zero-order chi connectivity index (χ0) is 15.2. The number of hydrogen-bond acceptors (Lipinski definition) is 2. The van der Waals surface area contributed by atoms with Crippen molar-refractivity contribution in [2.45, 2.75) is 46.2 Å². The molecule has 0 amide bonds. The van der Waals surface area contributed by atoms with Crippen molar-refractivity contribution < 1.29 is 0 Å². The zero-order valence-corrected chi connectivity index (χ0v) is 13.3. The van der Waals surface area contributed by atoms with E-state index in [4.69, 9.17) is 0 Å². The number of fused-ring (bicyclic) bond motifs is 1. The number of nitrogens with one attached hydrogen (secondary N) is 1. The highest BCUT2D eigenvalue weighted by atomic mass is 16.1. The van der Waals surface area contributed by atoms with Crippen LogP contribution in [-0.4, -0.2) is 17.2 Å². The third-order valence-corrected chi connectivity index (χ3v) is 3.90. The second-order valence-electron chi connectivity index (χ2n) is 6.21. The summed E-state index contributed by atoms with van der Waals surface area (Å²) in [6, 6.07) is 12.1. The monoisotopic (exact) mass is 286 g/mol. The molecule has 1 atom stereocenters. The lowest BCUT2D eigenvalue weighted by Crippen LogP contribution is -2.32. The third-order valence-electron chi connectivity index (χ3n) is 3.90. The maximum Gasteiger partial charge on any atom is 0.251 e. The van der Waals surface area contributed by atoms with Crippen LogP contribution < -0.4 is 10.9 Å². The molecular weight excluding hydrogens is 260 g/mol. The topological polar surface area (TPSA) is 34.0 Å². The summed E-state index contributed by atoms with van der Waals surface area (Å²) >= 11 is 0. The van der Waals surface area contributed by atoms with Gasteiger partial charge in [0.05, 0.1) is 5.52 Å². The van der Waals surface area contributed by atoms with Gasteiger partial charge >= 0.3 is 0 Å². The second-order valence-corrected chi connectivity index (χ2v) is 6.21. The molecule has 1 heterocycles. The molecule has 1 aromatic heterocycles. The van der Waals surface area contributed by atoms with E-state index in [1.165, 1.54) is 12.8 Å². The molecule has 0 aliphatic rings. The summed E-state index contributed by atoms with van der Waals surface area (Å²) in [5.74, 6) is 0.745. The fourth-order valence-electron chi connectivity index (χ4n) is 2.58. The number of para-hydroxylation sites is 1. The SMILES string of the molecule is CC(C)CCC(C)NCCn1c(=O)ccc2ccccc21. The minimum Gasteiger partial charge on any atom is -0.312 e. The molecule has 0 bridgehead atoms. The van der Waals surface area contributed by atoms with Gasteiger partial charge in [-0.05, 0) is 43.2 Å². The number of pyridine rings is 1. The standard InChI is InChI=1S/C18H26N2O/c1-14(2)8-9-15(3)19-12-13-20-17-7-5-4-6-16(17)10-11-18(20)21/h4-7,10-11,14-15,19H,8-9,12-13H2,1-3H3. The minimum absolute atomic E-state index is 0.0744. The van der Waals surface area contributed by atoms with Gasteiger partial charge in [-0.25, -0.2) is 0 Å². The van der Waals surface area contributed by atoms with Crippen LogP contribution in [0.2, 0.25) is 0 Å². The minimum atomic E-state index is 0.0744. The molecule has 21 heavy (non-hydrogen) atoms. The molecule has 0 radical (unpaired) electrons. The van der Waals surface area contributed by atoms with Crippen molar-refractivity contribution >= 4 is 10.9 Å². The lowest BCUT2D eigenvalue weighted by Gasteiger charge is -2.16. The van der Waals surface area contributed by atoms with Crippen LogP contribution in [0, 0.1) is 5.92 Å². The number of benzene rings is 1. The second kappa shape index (κ2) is 7.41. The number of aromatic nitrogens is 1. The first-order chi connectivity index (χ1) is 10.1. The highest BCUT2D eigenvalue weighted by Crippen LogP contribution is 2.10. The summed E-state index contributed by atoms with van der Waals surface area (Å²) in [6.45, 7) is 8.26. The van der Waals surface area contributed by atoms with Gasteiger partial charge in [-0.3, -0.25) is 4.79 Å². The Bertz CT molecular complexity index is 630. The van der Waals surface area contributed by atoms with E-state index in [-0.39, 0.29) is 5.56 Å². The molecule has 1 unspecified atom stereocenters. The van der Waals surface area contributed by atoms with Crippen LogP contribution in [0.4, 0.5) is 0 Å². The Kier molecular flexibility index (Phi) is 5.57. The van der Waals surface area contributed by atoms with Crippen LogP contribution in [-0.2, 0) is 6.54 Å². The molecule has 0 aliphatic heterocycles. The van der Waals surface area contributed by atoms with Crippen molar-refractivity contribution in [2.75, 3.05) is 6.54 Å². The highest BCUT2D eigenvalue weighted by molar-refractivity contribution is 5.78. The van der Waals surface area contributed by atoms with E-state index in [2.05, 4.69) is 26.1 Å². The van der Waals surface area contributed by atoms with Crippen molar-refractivity contribution in [1.82, 2.24) is 9.88 Å². The molecule has 1 N–H and O–H groups in total. The first-order valence-electron chi connectivity index (χ1n) is 7.90. The fraction of sp³-hybridized carbons (Fsp3) is 0.500. The molecule has 2 rings (SSSR count). The Labute approximate surface area is 127 Å². The molecular formula is C18H26N2O. The van der Waals surface area contributed by atoms with Gasteiger partial charge in [0.15, 0.2) is 0 Å². The van der Waals surface area contributed by atoms with Crippen molar-refractivity contribution in [3.05, 3.63) is 46.8 Å². The van der Waals surface area contributed by atoms with Crippen molar-refractivity contribution in [1.29, 1.82) is 0 Å². The van der Waals surface area contributed by atoms with E-state index < -0.39 is 0 Å². The first kappa shape index (κ1) is 15.8. The fourth-order valence-corrected chi connectivity index (χ4v) is 2.58. The van der Waals surface area contributed by atoms with Crippen LogP contribution in [0.1, 0.15) is 33.6 Å². The van der Waals surface area contributed by atoms with E-state index in [0.717, 1.165) is 23.4 Å². The van der Waals surface area contributed by atoms with Crippen LogP contribution >= 0.6 is 0 Å². The Balaban J connectivity index is 1.97. The smallest absolute Gasteiger partial charge is 0.251 e. The Morgan fingerprint density at radius 2 is 1.81 bits per heavy atom. The summed E-state index contributed by atoms with van der Waals surface area (Å²) in [7, 11) is 0. The molecule has 1 aromatic carbocycles. The molecule has 2 aromatic rings. The predicted molar refractivity (Wildman–Crippen MR) is 89.7 cm³/mol. The van der Waals surface area contributed by atoms with Crippen LogP contribution in [0.3, 0.4) is 0 Å². The number of hydrogen-bond donors (Lipinski definition) is 1. The van der Waals surface area contributed by atoms with Gasteiger partial charge in [-0.1, -0.05) is 32.0 Å². The van der Waals surface area contributed by atoms with Crippen molar-refractivity contribution in [3.63, 3.8) is 0 Å². The molecule has 3 heteroatoms. The third kappa shape index (κ3) is 4.43. The van der Waals surface area contributed by atoms with Gasteiger partial charge in [-0.2, -0.15) is 0 Å². The molecule has 0 aliphatic carbocycles. The molecule has 0 saturated heterocycles. The first-order valence-corrected chi connectivity index (χ1v) is 7.90. The highest BCUT2D eigenvalue weighted by Gasteiger charge is 2.05. The summed E-state index contributed by atoms with van der Waals surface area (Å²) in [5.41, 5.74) is 1.09. The number of rotatable bonds is 7. The maximum atomic E-state index is 12.1. The normalized spacial score (nSPS) is 13.0. The average Bonchev–Trinajstić information content (AvgIpc) is 2.47. The summed E-state index contributed by atoms with van der Waals surface area (Å²) in [4.78, 5) is 12.1. The quantitative estimate of drug-likeness (QED) is 0.846. The van der Waals surface area contributed by atoms with Crippen molar-refractivity contribution in [2.24, 2.45) is 5.92 Å². The van der Waals surface area contributed by atoms with E-state index in [1.807, 2.05) is 34.9 Å². The van der Waals surface area contributed by atoms with Gasteiger partial charge in [0.2, 0.25) is 0 Å². The molecule has 0 spiro atoms. The summed E-state index contributed by atoms with van der Waals surface area (Å²) in [6.07, 6.45) is 2.42. The van der Waals surface area contributed by atoms with Crippen molar-refractivity contribution in [3.8, 4) is 0 Å². The van der Waals surface area contributed by atoms with Gasteiger partial charge < -0.3 is 9.88 Å². The van der Waals surface area contributed by atoms with E-state index in [1.54, 1.807) is 6.07 Å². The summed E-state index contributed by atoms with van der Waals surface area (Å²) in [5, 5.41) is 4.63. The number of nitrogens with zero attached hydrogens (tertiary/aromatic N) is 1. The average molecular weight is 286 g/mol. The molecule has 3 nitrogen and oxygen atoms in total. The van der Waals surface area contributed by atoms with Gasteiger partial charge in [0.25, 0.3) is 5.56 Å².